The van der Waals surface area contributed by atoms with E-state index in [2.05, 4.69) is 26.1 Å². The third kappa shape index (κ3) is 2.84. The molecule has 0 N–H and O–H groups in total. The van der Waals surface area contributed by atoms with E-state index in [0.29, 0.717) is 17.9 Å². The van der Waals surface area contributed by atoms with Crippen LogP contribution in [-0.4, -0.2) is 14.7 Å². The summed E-state index contributed by atoms with van der Waals surface area (Å²) in [7, 11) is 0. The second kappa shape index (κ2) is 6.49. The summed E-state index contributed by atoms with van der Waals surface area (Å²) < 4.78 is 21.7. The first-order valence-corrected chi connectivity index (χ1v) is 8.79. The Kier molecular flexibility index (Phi) is 4.16. The van der Waals surface area contributed by atoms with E-state index in [1.807, 2.05) is 35.8 Å². The van der Waals surface area contributed by atoms with E-state index in [-0.39, 0.29) is 22.3 Å². The molecule has 0 spiro atoms. The standard InChI is InChI=1S/C19H13BrFN3O2/c1-2-24-10-15(17(25)14-9-13(21)6-7-16(14)24)19-22-18(23-26-19)11-4-3-5-12(20)8-11/h3-10H,2H2,1H3. The summed E-state index contributed by atoms with van der Waals surface area (Å²) in [5, 5.41) is 4.25. The lowest BCUT2D eigenvalue weighted by Crippen LogP contribution is -2.12. The topological polar surface area (TPSA) is 60.9 Å². The van der Waals surface area contributed by atoms with E-state index in [9.17, 15) is 9.18 Å². The fourth-order valence-electron chi connectivity index (χ4n) is 2.86. The Morgan fingerprint density at radius 1 is 1.23 bits per heavy atom. The summed E-state index contributed by atoms with van der Waals surface area (Å²) in [5.41, 5.74) is 1.33. The average Bonchev–Trinajstić information content (AvgIpc) is 3.12. The number of halogens is 2. The maximum atomic E-state index is 13.6. The molecule has 4 rings (SSSR count). The van der Waals surface area contributed by atoms with Gasteiger partial charge in [0, 0.05) is 28.2 Å². The van der Waals surface area contributed by atoms with Gasteiger partial charge in [0.05, 0.1) is 5.52 Å². The molecule has 0 bridgehead atoms. The Labute approximate surface area is 156 Å². The molecule has 26 heavy (non-hydrogen) atoms. The molecule has 0 fully saturated rings. The minimum atomic E-state index is -0.463. The molecule has 0 aliphatic heterocycles. The maximum Gasteiger partial charge on any atom is 0.263 e. The van der Waals surface area contributed by atoms with Crippen LogP contribution in [0.25, 0.3) is 33.7 Å². The van der Waals surface area contributed by atoms with Gasteiger partial charge in [-0.15, -0.1) is 0 Å². The molecule has 2 aromatic carbocycles. The normalized spacial score (nSPS) is 11.2. The number of hydrogen-bond donors (Lipinski definition) is 0. The van der Waals surface area contributed by atoms with E-state index in [0.717, 1.165) is 10.0 Å². The van der Waals surface area contributed by atoms with Gasteiger partial charge in [-0.3, -0.25) is 4.79 Å². The van der Waals surface area contributed by atoms with Crippen molar-refractivity contribution in [2.45, 2.75) is 13.5 Å². The number of nitrogens with zero attached hydrogens (tertiary/aromatic N) is 3. The summed E-state index contributed by atoms with van der Waals surface area (Å²) in [6, 6.07) is 11.6. The summed E-state index contributed by atoms with van der Waals surface area (Å²) in [5.74, 6) is 0.0242. The number of fused-ring (bicyclic) bond motifs is 1. The first-order chi connectivity index (χ1) is 12.6. The van der Waals surface area contributed by atoms with Crippen LogP contribution in [0.1, 0.15) is 6.92 Å². The molecule has 2 aromatic heterocycles. The van der Waals surface area contributed by atoms with Crippen LogP contribution < -0.4 is 5.43 Å². The van der Waals surface area contributed by atoms with Crippen LogP contribution in [0.3, 0.4) is 0 Å². The van der Waals surface area contributed by atoms with Gasteiger partial charge in [-0.2, -0.15) is 4.98 Å². The van der Waals surface area contributed by atoms with Crippen molar-refractivity contribution in [3.8, 4) is 22.8 Å². The minimum absolute atomic E-state index is 0.110. The molecule has 4 aromatic rings. The summed E-state index contributed by atoms with van der Waals surface area (Å²) >= 11 is 3.40. The van der Waals surface area contributed by atoms with Crippen molar-refractivity contribution in [2.75, 3.05) is 0 Å². The largest absolute Gasteiger partial charge is 0.347 e. The second-order valence-corrected chi connectivity index (χ2v) is 6.67. The SMILES string of the molecule is CCn1cc(-c2nc(-c3cccc(Br)c3)no2)c(=O)c2cc(F)ccc21. The molecular formula is C19H13BrFN3O2. The van der Waals surface area contributed by atoms with Crippen molar-refractivity contribution in [2.24, 2.45) is 0 Å². The first-order valence-electron chi connectivity index (χ1n) is 7.99. The molecule has 130 valence electrons. The quantitative estimate of drug-likeness (QED) is 0.490. The molecule has 7 heteroatoms. The van der Waals surface area contributed by atoms with Crippen molar-refractivity contribution >= 4 is 26.8 Å². The van der Waals surface area contributed by atoms with Crippen LogP contribution in [0.15, 0.2) is 62.5 Å². The van der Waals surface area contributed by atoms with Crippen LogP contribution >= 0.6 is 15.9 Å². The molecule has 0 aliphatic rings. The van der Waals surface area contributed by atoms with Crippen molar-refractivity contribution in [3.63, 3.8) is 0 Å². The fraction of sp³-hybridized carbons (Fsp3) is 0.105. The maximum absolute atomic E-state index is 13.6. The number of aryl methyl sites for hydroxylation is 1. The summed E-state index contributed by atoms with van der Waals surface area (Å²) in [6.07, 6.45) is 1.67. The molecule has 0 unspecified atom stereocenters. The zero-order valence-corrected chi connectivity index (χ0v) is 15.3. The van der Waals surface area contributed by atoms with Gasteiger partial charge in [-0.1, -0.05) is 33.2 Å². The Morgan fingerprint density at radius 2 is 2.08 bits per heavy atom. The van der Waals surface area contributed by atoms with E-state index in [1.54, 1.807) is 12.3 Å². The van der Waals surface area contributed by atoms with Gasteiger partial charge in [-0.25, -0.2) is 4.39 Å². The van der Waals surface area contributed by atoms with Crippen LogP contribution in [0.2, 0.25) is 0 Å². The molecule has 0 aliphatic carbocycles. The van der Waals surface area contributed by atoms with Crippen LogP contribution in [0, 0.1) is 5.82 Å². The number of benzene rings is 2. The highest BCUT2D eigenvalue weighted by Crippen LogP contribution is 2.24. The molecule has 0 saturated heterocycles. The Hall–Kier alpha value is -2.80. The van der Waals surface area contributed by atoms with Gasteiger partial charge in [-0.05, 0) is 37.3 Å². The van der Waals surface area contributed by atoms with Gasteiger partial charge < -0.3 is 9.09 Å². The molecule has 5 nitrogen and oxygen atoms in total. The Bertz CT molecular complexity index is 1180. The van der Waals surface area contributed by atoms with Crippen LogP contribution in [0.5, 0.6) is 0 Å². The summed E-state index contributed by atoms with van der Waals surface area (Å²) in [6.45, 7) is 2.56. The van der Waals surface area contributed by atoms with E-state index < -0.39 is 5.82 Å². The zero-order valence-electron chi connectivity index (χ0n) is 13.7. The first kappa shape index (κ1) is 16.7. The third-order valence-corrected chi connectivity index (χ3v) is 4.62. The lowest BCUT2D eigenvalue weighted by atomic mass is 10.1. The summed E-state index contributed by atoms with van der Waals surface area (Å²) in [4.78, 5) is 17.2. The van der Waals surface area contributed by atoms with Crippen LogP contribution in [-0.2, 0) is 6.54 Å². The number of pyridine rings is 1. The lowest BCUT2D eigenvalue weighted by molar-refractivity contribution is 0.431. The van der Waals surface area contributed by atoms with Gasteiger partial charge in [0.15, 0.2) is 0 Å². The van der Waals surface area contributed by atoms with E-state index in [4.69, 9.17) is 4.52 Å². The van der Waals surface area contributed by atoms with Gasteiger partial charge >= 0.3 is 0 Å². The lowest BCUT2D eigenvalue weighted by Gasteiger charge is -2.09. The smallest absolute Gasteiger partial charge is 0.263 e. The Balaban J connectivity index is 1.90. The van der Waals surface area contributed by atoms with Crippen molar-refractivity contribution in [3.05, 3.63) is 69.2 Å². The van der Waals surface area contributed by atoms with Crippen molar-refractivity contribution < 1.29 is 8.91 Å². The van der Waals surface area contributed by atoms with Crippen molar-refractivity contribution in [1.82, 2.24) is 14.7 Å². The minimum Gasteiger partial charge on any atom is -0.347 e. The molecule has 0 atom stereocenters. The highest BCUT2D eigenvalue weighted by Gasteiger charge is 2.17. The molecule has 0 amide bonds. The second-order valence-electron chi connectivity index (χ2n) is 5.75. The number of rotatable bonds is 3. The van der Waals surface area contributed by atoms with Gasteiger partial charge in [0.25, 0.3) is 5.89 Å². The molecule has 0 saturated carbocycles. The highest BCUT2D eigenvalue weighted by molar-refractivity contribution is 9.10. The highest BCUT2D eigenvalue weighted by atomic mass is 79.9. The number of hydrogen-bond acceptors (Lipinski definition) is 4. The van der Waals surface area contributed by atoms with Crippen molar-refractivity contribution in [1.29, 1.82) is 0 Å². The monoisotopic (exact) mass is 413 g/mol. The van der Waals surface area contributed by atoms with E-state index in [1.165, 1.54) is 12.1 Å². The van der Waals surface area contributed by atoms with Crippen LogP contribution in [0.4, 0.5) is 4.39 Å². The fourth-order valence-corrected chi connectivity index (χ4v) is 3.26. The predicted octanol–water partition coefficient (Wildman–Crippen LogP) is 4.64. The predicted molar refractivity (Wildman–Crippen MR) is 100 cm³/mol. The van der Waals surface area contributed by atoms with E-state index >= 15 is 0 Å². The van der Waals surface area contributed by atoms with Gasteiger partial charge in [0.1, 0.15) is 11.4 Å². The zero-order chi connectivity index (χ0) is 18.3. The number of aromatic nitrogens is 3. The average molecular weight is 414 g/mol. The molecular weight excluding hydrogens is 401 g/mol. The molecule has 0 radical (unpaired) electrons. The Morgan fingerprint density at radius 3 is 2.85 bits per heavy atom. The molecule has 2 heterocycles. The van der Waals surface area contributed by atoms with Gasteiger partial charge in [0.2, 0.25) is 11.3 Å². The third-order valence-electron chi connectivity index (χ3n) is 4.12.